The fourth-order valence-electron chi connectivity index (χ4n) is 2.51. The van der Waals surface area contributed by atoms with Crippen molar-refractivity contribution < 1.29 is 0 Å². The highest BCUT2D eigenvalue weighted by Gasteiger charge is 2.19. The van der Waals surface area contributed by atoms with Gasteiger partial charge < -0.3 is 0 Å². The zero-order valence-electron chi connectivity index (χ0n) is 12.6. The second kappa shape index (κ2) is 7.31. The molecule has 1 aliphatic carbocycles. The summed E-state index contributed by atoms with van der Waals surface area (Å²) in [5, 5.41) is 1.44. The average molecular weight is 280 g/mol. The van der Waals surface area contributed by atoms with Crippen LogP contribution in [0.25, 0.3) is 0 Å². The van der Waals surface area contributed by atoms with E-state index in [1.54, 1.807) is 0 Å². The van der Waals surface area contributed by atoms with E-state index in [1.165, 1.54) is 24.4 Å². The summed E-state index contributed by atoms with van der Waals surface area (Å²) in [4.78, 5) is 0. The SMILES string of the molecule is C[Si](C)(C#CCCCC1C=CC=CC1)c1ccccc1. The molecule has 20 heavy (non-hydrogen) atoms. The summed E-state index contributed by atoms with van der Waals surface area (Å²) in [6.07, 6.45) is 13.6. The Morgan fingerprint density at radius 3 is 2.65 bits per heavy atom. The van der Waals surface area contributed by atoms with Crippen LogP contribution in [-0.2, 0) is 0 Å². The fourth-order valence-corrected chi connectivity index (χ4v) is 4.25. The zero-order chi connectivity index (χ0) is 14.3. The lowest BCUT2D eigenvalue weighted by Gasteiger charge is -2.15. The Morgan fingerprint density at radius 1 is 1.15 bits per heavy atom. The van der Waals surface area contributed by atoms with Crippen LogP contribution in [0.2, 0.25) is 13.1 Å². The molecule has 0 nitrogen and oxygen atoms in total. The molecule has 0 fully saturated rings. The summed E-state index contributed by atoms with van der Waals surface area (Å²) < 4.78 is 0. The van der Waals surface area contributed by atoms with Gasteiger partial charge >= 0.3 is 0 Å². The highest BCUT2D eigenvalue weighted by atomic mass is 28.3. The molecule has 0 radical (unpaired) electrons. The van der Waals surface area contributed by atoms with Gasteiger partial charge in [0.05, 0.1) is 0 Å². The van der Waals surface area contributed by atoms with E-state index in [1.807, 2.05) is 0 Å². The van der Waals surface area contributed by atoms with Gasteiger partial charge in [-0.1, -0.05) is 67.7 Å². The molecule has 1 atom stereocenters. The van der Waals surface area contributed by atoms with E-state index in [2.05, 4.69) is 79.2 Å². The largest absolute Gasteiger partial charge is 0.162 e. The van der Waals surface area contributed by atoms with E-state index < -0.39 is 8.07 Å². The molecule has 0 saturated heterocycles. The third-order valence-corrected chi connectivity index (χ3v) is 6.42. The molecule has 0 N–H and O–H groups in total. The van der Waals surface area contributed by atoms with Gasteiger partial charge in [-0.3, -0.25) is 0 Å². The molecule has 0 spiro atoms. The standard InChI is InChI=1S/C19H24Si/c1-20(2,19-15-9-4-10-16-19)17-11-5-8-14-18-12-6-3-7-13-18/h3-4,6-7,9-10,12,15-16,18H,5,8,13-14H2,1-2H3. The first-order chi connectivity index (χ1) is 9.68. The van der Waals surface area contributed by atoms with Crippen molar-refractivity contribution in [3.8, 4) is 11.5 Å². The number of rotatable bonds is 4. The van der Waals surface area contributed by atoms with Crippen molar-refractivity contribution in [3.05, 3.63) is 54.6 Å². The van der Waals surface area contributed by atoms with Gasteiger partial charge in [0.2, 0.25) is 0 Å². The van der Waals surface area contributed by atoms with Crippen molar-refractivity contribution in [1.29, 1.82) is 0 Å². The maximum Gasteiger partial charge on any atom is 0.162 e. The Morgan fingerprint density at radius 2 is 1.95 bits per heavy atom. The van der Waals surface area contributed by atoms with Gasteiger partial charge in [-0.2, -0.15) is 0 Å². The molecule has 0 aromatic heterocycles. The summed E-state index contributed by atoms with van der Waals surface area (Å²) in [6.45, 7) is 4.67. The molecule has 1 aliphatic rings. The average Bonchev–Trinajstić information content (AvgIpc) is 2.49. The number of hydrogen-bond donors (Lipinski definition) is 0. The molecule has 0 amide bonds. The van der Waals surface area contributed by atoms with Crippen molar-refractivity contribution in [2.75, 3.05) is 0 Å². The minimum atomic E-state index is -1.56. The van der Waals surface area contributed by atoms with Gasteiger partial charge in [0.25, 0.3) is 0 Å². The van der Waals surface area contributed by atoms with Crippen molar-refractivity contribution in [1.82, 2.24) is 0 Å². The van der Waals surface area contributed by atoms with E-state index in [9.17, 15) is 0 Å². The molecular formula is C19H24Si. The van der Waals surface area contributed by atoms with Gasteiger partial charge in [-0.15, -0.1) is 11.5 Å². The Hall–Kier alpha value is -1.52. The molecule has 0 aliphatic heterocycles. The Labute approximate surface area is 124 Å². The van der Waals surface area contributed by atoms with Crippen molar-refractivity contribution in [2.45, 2.75) is 38.8 Å². The lowest BCUT2D eigenvalue weighted by Crippen LogP contribution is -2.39. The molecule has 0 saturated carbocycles. The van der Waals surface area contributed by atoms with Gasteiger partial charge in [-0.05, 0) is 30.4 Å². The van der Waals surface area contributed by atoms with Gasteiger partial charge in [0.1, 0.15) is 0 Å². The maximum absolute atomic E-state index is 3.57. The Bertz CT molecular complexity index is 526. The minimum Gasteiger partial charge on any atom is -0.126 e. The molecule has 1 aromatic rings. The van der Waals surface area contributed by atoms with E-state index in [4.69, 9.17) is 0 Å². The second-order valence-electron chi connectivity index (χ2n) is 5.99. The molecule has 104 valence electrons. The zero-order valence-corrected chi connectivity index (χ0v) is 13.6. The summed E-state index contributed by atoms with van der Waals surface area (Å²) in [6, 6.07) is 10.8. The van der Waals surface area contributed by atoms with Crippen LogP contribution in [-0.4, -0.2) is 8.07 Å². The van der Waals surface area contributed by atoms with Crippen molar-refractivity contribution in [3.63, 3.8) is 0 Å². The van der Waals surface area contributed by atoms with Crippen LogP contribution in [0.1, 0.15) is 25.7 Å². The normalized spacial score (nSPS) is 17.6. The van der Waals surface area contributed by atoms with E-state index in [0.717, 1.165) is 12.3 Å². The number of allylic oxidation sites excluding steroid dienone is 4. The van der Waals surface area contributed by atoms with Crippen LogP contribution >= 0.6 is 0 Å². The molecular weight excluding hydrogens is 256 g/mol. The molecule has 1 aromatic carbocycles. The van der Waals surface area contributed by atoms with Crippen LogP contribution in [0, 0.1) is 17.4 Å². The highest BCUT2D eigenvalue weighted by Crippen LogP contribution is 2.17. The van der Waals surface area contributed by atoms with Crippen LogP contribution in [0.3, 0.4) is 0 Å². The topological polar surface area (TPSA) is 0 Å². The minimum absolute atomic E-state index is 0.737. The smallest absolute Gasteiger partial charge is 0.126 e. The summed E-state index contributed by atoms with van der Waals surface area (Å²) in [5.74, 6) is 4.17. The van der Waals surface area contributed by atoms with Crippen molar-refractivity contribution in [2.24, 2.45) is 5.92 Å². The van der Waals surface area contributed by atoms with E-state index in [0.29, 0.717) is 0 Å². The summed E-state index contributed by atoms with van der Waals surface area (Å²) >= 11 is 0. The quantitative estimate of drug-likeness (QED) is 0.434. The summed E-state index contributed by atoms with van der Waals surface area (Å²) in [5.41, 5.74) is 3.57. The third kappa shape index (κ3) is 4.54. The van der Waals surface area contributed by atoms with Crippen LogP contribution in [0.15, 0.2) is 54.6 Å². The maximum atomic E-state index is 3.57. The van der Waals surface area contributed by atoms with Crippen LogP contribution in [0.5, 0.6) is 0 Å². The first-order valence-electron chi connectivity index (χ1n) is 7.57. The van der Waals surface area contributed by atoms with E-state index in [-0.39, 0.29) is 0 Å². The second-order valence-corrected chi connectivity index (χ2v) is 10.1. The highest BCUT2D eigenvalue weighted by molar-refractivity contribution is 6.96. The van der Waals surface area contributed by atoms with E-state index >= 15 is 0 Å². The van der Waals surface area contributed by atoms with Gasteiger partial charge in [0, 0.05) is 6.42 Å². The molecule has 1 unspecified atom stereocenters. The number of unbranched alkanes of at least 4 members (excludes halogenated alkanes) is 1. The molecule has 0 bridgehead atoms. The third-order valence-electron chi connectivity index (χ3n) is 3.84. The number of hydrogen-bond acceptors (Lipinski definition) is 0. The lowest BCUT2D eigenvalue weighted by molar-refractivity contribution is 0.571. The van der Waals surface area contributed by atoms with Gasteiger partial charge in [-0.25, -0.2) is 0 Å². The first-order valence-corrected chi connectivity index (χ1v) is 10.6. The lowest BCUT2D eigenvalue weighted by atomic mass is 9.95. The van der Waals surface area contributed by atoms with Crippen LogP contribution < -0.4 is 5.19 Å². The van der Waals surface area contributed by atoms with Crippen LogP contribution in [0.4, 0.5) is 0 Å². The predicted octanol–water partition coefficient (Wildman–Crippen LogP) is 4.45. The molecule has 1 heteroatoms. The first kappa shape index (κ1) is 14.9. The Kier molecular flexibility index (Phi) is 5.44. The summed E-state index contributed by atoms with van der Waals surface area (Å²) in [7, 11) is -1.56. The molecule has 0 heterocycles. The van der Waals surface area contributed by atoms with Gasteiger partial charge in [0.15, 0.2) is 8.07 Å². The van der Waals surface area contributed by atoms with Crippen molar-refractivity contribution >= 4 is 13.3 Å². The Balaban J connectivity index is 1.79. The predicted molar refractivity (Wildman–Crippen MR) is 91.6 cm³/mol. The number of benzene rings is 1. The monoisotopic (exact) mass is 280 g/mol. The molecule has 2 rings (SSSR count). The fraction of sp³-hybridized carbons (Fsp3) is 0.368.